The summed E-state index contributed by atoms with van der Waals surface area (Å²) in [5.74, 6) is 3.00. The number of methoxy groups -OCH3 is 1. The highest BCUT2D eigenvalue weighted by molar-refractivity contribution is 5.46. The average molecular weight is 364 g/mol. The maximum Gasteiger partial charge on any atom is 0.225 e. The van der Waals surface area contributed by atoms with Gasteiger partial charge < -0.3 is 19.9 Å². The number of aromatic nitrogens is 4. The lowest BCUT2D eigenvalue weighted by atomic mass is 9.97. The fourth-order valence-corrected chi connectivity index (χ4v) is 3.69. The van der Waals surface area contributed by atoms with Crippen molar-refractivity contribution in [1.82, 2.24) is 19.5 Å². The van der Waals surface area contributed by atoms with Crippen molar-refractivity contribution >= 4 is 11.8 Å². The average Bonchev–Trinajstić information content (AvgIpc) is 3.16. The molecule has 1 aliphatic rings. The molecule has 0 saturated carbocycles. The van der Waals surface area contributed by atoms with Gasteiger partial charge in [-0.25, -0.2) is 4.98 Å². The van der Waals surface area contributed by atoms with Crippen molar-refractivity contribution in [1.29, 1.82) is 0 Å². The molecule has 1 atom stereocenters. The number of benzene rings is 1. The van der Waals surface area contributed by atoms with Gasteiger partial charge in [-0.1, -0.05) is 30.3 Å². The van der Waals surface area contributed by atoms with E-state index in [1.165, 1.54) is 5.56 Å². The molecule has 2 N–H and O–H groups in total. The minimum Gasteiger partial charge on any atom is -0.481 e. The molecule has 140 valence electrons. The van der Waals surface area contributed by atoms with Crippen LogP contribution in [-0.2, 0) is 6.54 Å². The van der Waals surface area contributed by atoms with Gasteiger partial charge in [0.15, 0.2) is 0 Å². The Morgan fingerprint density at radius 1 is 1.22 bits per heavy atom. The van der Waals surface area contributed by atoms with Crippen LogP contribution in [0.2, 0.25) is 0 Å². The van der Waals surface area contributed by atoms with Gasteiger partial charge in [0.25, 0.3) is 0 Å². The van der Waals surface area contributed by atoms with Crippen LogP contribution in [-0.4, -0.2) is 39.7 Å². The van der Waals surface area contributed by atoms with Crippen LogP contribution >= 0.6 is 0 Å². The van der Waals surface area contributed by atoms with E-state index in [1.807, 2.05) is 18.3 Å². The van der Waals surface area contributed by atoms with E-state index >= 15 is 0 Å². The Morgan fingerprint density at radius 2 is 2.07 bits per heavy atom. The Kier molecular flexibility index (Phi) is 4.91. The summed E-state index contributed by atoms with van der Waals surface area (Å²) >= 11 is 0. The number of ether oxygens (including phenoxy) is 1. The summed E-state index contributed by atoms with van der Waals surface area (Å²) in [6, 6.07) is 12.3. The standard InChI is InChI=1S/C20H24N6O/c1-27-18-12-17(23-20(21)24-18)25-10-5-8-16(14-25)19-22-9-11-26(19)13-15-6-3-2-4-7-15/h2-4,6-7,9,11-12,16H,5,8,10,13-14H2,1H3,(H2,21,23,24)/t16-/m1/s1. The second kappa shape index (κ2) is 7.65. The van der Waals surface area contributed by atoms with Crippen LogP contribution in [0, 0.1) is 0 Å². The zero-order valence-corrected chi connectivity index (χ0v) is 15.5. The molecule has 1 fully saturated rings. The lowest BCUT2D eigenvalue weighted by Crippen LogP contribution is -2.36. The molecule has 0 bridgehead atoms. The molecule has 2 aromatic heterocycles. The Hall–Kier alpha value is -3.09. The van der Waals surface area contributed by atoms with Crippen molar-refractivity contribution in [2.75, 3.05) is 30.8 Å². The largest absolute Gasteiger partial charge is 0.481 e. The number of nitrogens with two attached hydrogens (primary N) is 1. The molecule has 0 spiro atoms. The lowest BCUT2D eigenvalue weighted by molar-refractivity contribution is 0.397. The van der Waals surface area contributed by atoms with Crippen LogP contribution in [0.5, 0.6) is 5.88 Å². The monoisotopic (exact) mass is 364 g/mol. The second-order valence-corrected chi connectivity index (χ2v) is 6.81. The van der Waals surface area contributed by atoms with Gasteiger partial charge in [-0.2, -0.15) is 9.97 Å². The molecule has 1 aromatic carbocycles. The van der Waals surface area contributed by atoms with Gasteiger partial charge in [-0.3, -0.25) is 0 Å². The number of hydrogen-bond donors (Lipinski definition) is 1. The summed E-state index contributed by atoms with van der Waals surface area (Å²) in [6.07, 6.45) is 6.14. The Morgan fingerprint density at radius 3 is 2.89 bits per heavy atom. The molecule has 27 heavy (non-hydrogen) atoms. The minimum atomic E-state index is 0.233. The van der Waals surface area contributed by atoms with E-state index in [2.05, 4.69) is 54.9 Å². The van der Waals surface area contributed by atoms with Crippen molar-refractivity contribution < 1.29 is 4.74 Å². The summed E-state index contributed by atoms with van der Waals surface area (Å²) in [7, 11) is 1.59. The molecule has 1 aliphatic heterocycles. The van der Waals surface area contributed by atoms with Gasteiger partial charge >= 0.3 is 0 Å². The molecule has 0 aliphatic carbocycles. The molecule has 7 heteroatoms. The predicted octanol–water partition coefficient (Wildman–Crippen LogP) is 2.70. The molecule has 0 radical (unpaired) electrons. The highest BCUT2D eigenvalue weighted by Crippen LogP contribution is 2.30. The summed E-state index contributed by atoms with van der Waals surface area (Å²) in [5, 5.41) is 0. The fourth-order valence-electron chi connectivity index (χ4n) is 3.69. The molecule has 4 rings (SSSR count). The first kappa shape index (κ1) is 17.3. The first-order chi connectivity index (χ1) is 13.2. The van der Waals surface area contributed by atoms with Crippen molar-refractivity contribution in [3.63, 3.8) is 0 Å². The number of piperidine rings is 1. The highest BCUT2D eigenvalue weighted by Gasteiger charge is 2.26. The molecule has 0 unspecified atom stereocenters. The topological polar surface area (TPSA) is 82.1 Å². The lowest BCUT2D eigenvalue weighted by Gasteiger charge is -2.33. The molecule has 3 heterocycles. The Labute approximate surface area is 158 Å². The van der Waals surface area contributed by atoms with Crippen LogP contribution < -0.4 is 15.4 Å². The van der Waals surface area contributed by atoms with Crippen LogP contribution in [0.3, 0.4) is 0 Å². The number of nitrogen functional groups attached to an aromatic ring is 1. The summed E-state index contributed by atoms with van der Waals surface area (Å²) < 4.78 is 7.49. The van der Waals surface area contributed by atoms with E-state index in [0.717, 1.165) is 44.1 Å². The van der Waals surface area contributed by atoms with Gasteiger partial charge in [0.05, 0.1) is 7.11 Å². The zero-order chi connectivity index (χ0) is 18.6. The van der Waals surface area contributed by atoms with Crippen molar-refractivity contribution in [2.24, 2.45) is 0 Å². The van der Waals surface area contributed by atoms with Crippen LogP contribution in [0.25, 0.3) is 0 Å². The highest BCUT2D eigenvalue weighted by atomic mass is 16.5. The smallest absolute Gasteiger partial charge is 0.225 e. The van der Waals surface area contributed by atoms with E-state index < -0.39 is 0 Å². The Bertz CT molecular complexity index is 894. The Balaban J connectivity index is 1.54. The molecule has 1 saturated heterocycles. The van der Waals surface area contributed by atoms with E-state index in [0.29, 0.717) is 11.8 Å². The van der Waals surface area contributed by atoms with E-state index in [9.17, 15) is 0 Å². The molecule has 3 aromatic rings. The third-order valence-electron chi connectivity index (χ3n) is 4.97. The van der Waals surface area contributed by atoms with E-state index in [-0.39, 0.29) is 5.95 Å². The minimum absolute atomic E-state index is 0.233. The third-order valence-corrected chi connectivity index (χ3v) is 4.97. The quantitative estimate of drug-likeness (QED) is 0.750. The number of rotatable bonds is 5. The molecular formula is C20H24N6O. The number of nitrogens with zero attached hydrogens (tertiary/aromatic N) is 5. The SMILES string of the molecule is COc1cc(N2CCC[C@@H](c3nccn3Cc3ccccc3)C2)nc(N)n1. The number of hydrogen-bond acceptors (Lipinski definition) is 6. The van der Waals surface area contributed by atoms with Crippen LogP contribution in [0.1, 0.15) is 30.1 Å². The van der Waals surface area contributed by atoms with Gasteiger partial charge in [0.1, 0.15) is 11.6 Å². The third kappa shape index (κ3) is 3.86. The molecule has 7 nitrogen and oxygen atoms in total. The van der Waals surface area contributed by atoms with Crippen molar-refractivity contribution in [3.8, 4) is 5.88 Å². The molecular weight excluding hydrogens is 340 g/mol. The number of imidazole rings is 1. The predicted molar refractivity (Wildman–Crippen MR) is 105 cm³/mol. The van der Waals surface area contributed by atoms with Crippen LogP contribution in [0.15, 0.2) is 48.8 Å². The maximum absolute atomic E-state index is 5.84. The second-order valence-electron chi connectivity index (χ2n) is 6.81. The summed E-state index contributed by atoms with van der Waals surface area (Å²) in [4.78, 5) is 15.4. The summed E-state index contributed by atoms with van der Waals surface area (Å²) in [6.45, 7) is 2.63. The first-order valence-corrected chi connectivity index (χ1v) is 9.21. The van der Waals surface area contributed by atoms with Gasteiger partial charge in [-0.15, -0.1) is 0 Å². The maximum atomic E-state index is 5.84. The first-order valence-electron chi connectivity index (χ1n) is 9.21. The van der Waals surface area contributed by atoms with Crippen LogP contribution in [0.4, 0.5) is 11.8 Å². The summed E-state index contributed by atoms with van der Waals surface area (Å²) in [5.41, 5.74) is 7.11. The number of anilines is 2. The van der Waals surface area contributed by atoms with Gasteiger partial charge in [0.2, 0.25) is 11.8 Å². The normalized spacial score (nSPS) is 17.1. The van der Waals surface area contributed by atoms with Gasteiger partial charge in [0, 0.05) is 44.0 Å². The van der Waals surface area contributed by atoms with E-state index in [4.69, 9.17) is 10.5 Å². The van der Waals surface area contributed by atoms with Crippen molar-refractivity contribution in [3.05, 3.63) is 60.2 Å². The fraction of sp³-hybridized carbons (Fsp3) is 0.350. The zero-order valence-electron chi connectivity index (χ0n) is 15.5. The van der Waals surface area contributed by atoms with Crippen molar-refractivity contribution in [2.45, 2.75) is 25.3 Å². The van der Waals surface area contributed by atoms with Gasteiger partial charge in [-0.05, 0) is 18.4 Å². The molecule has 0 amide bonds. The van der Waals surface area contributed by atoms with E-state index in [1.54, 1.807) is 7.11 Å².